The van der Waals surface area contributed by atoms with E-state index in [1.807, 2.05) is 45.9 Å². The van der Waals surface area contributed by atoms with E-state index in [0.29, 0.717) is 22.6 Å². The minimum atomic E-state index is -0.293. The molecule has 25 heavy (non-hydrogen) atoms. The molecule has 2 N–H and O–H groups in total. The Bertz CT molecular complexity index is 754. The third kappa shape index (κ3) is 5.35. The van der Waals surface area contributed by atoms with Gasteiger partial charge in [0.05, 0.1) is 11.8 Å². The highest BCUT2D eigenvalue weighted by Gasteiger charge is 2.13. The zero-order chi connectivity index (χ0) is 18.4. The van der Waals surface area contributed by atoms with Crippen LogP contribution in [0.15, 0.2) is 48.5 Å². The summed E-state index contributed by atoms with van der Waals surface area (Å²) in [6, 6.07) is 13.9. The van der Waals surface area contributed by atoms with Gasteiger partial charge in [-0.25, -0.2) is 0 Å². The normalized spacial score (nSPS) is 10.6. The van der Waals surface area contributed by atoms with Crippen molar-refractivity contribution in [2.24, 2.45) is 0 Å². The van der Waals surface area contributed by atoms with Gasteiger partial charge < -0.3 is 15.4 Å². The Morgan fingerprint density at radius 3 is 2.16 bits per heavy atom. The highest BCUT2D eigenvalue weighted by molar-refractivity contribution is 6.06. The molecule has 0 bridgehead atoms. The molecule has 2 aromatic carbocycles. The number of benzene rings is 2. The second-order valence-corrected chi connectivity index (χ2v) is 6.33. The van der Waals surface area contributed by atoms with Crippen molar-refractivity contribution in [2.45, 2.75) is 39.8 Å². The van der Waals surface area contributed by atoms with Crippen LogP contribution < -0.4 is 15.4 Å². The van der Waals surface area contributed by atoms with Crippen molar-refractivity contribution in [1.29, 1.82) is 0 Å². The smallest absolute Gasteiger partial charge is 0.255 e. The second kappa shape index (κ2) is 8.33. The Balaban J connectivity index is 2.18. The summed E-state index contributed by atoms with van der Waals surface area (Å²) in [5.74, 6) is 0.117. The van der Waals surface area contributed by atoms with Crippen LogP contribution >= 0.6 is 0 Å². The first kappa shape index (κ1) is 18.5. The van der Waals surface area contributed by atoms with Gasteiger partial charge in [-0.1, -0.05) is 18.2 Å². The Hall–Kier alpha value is -2.82. The molecule has 0 unspecified atom stereocenters. The summed E-state index contributed by atoms with van der Waals surface area (Å²) >= 11 is 0. The molecule has 2 aromatic rings. The quantitative estimate of drug-likeness (QED) is 0.839. The lowest BCUT2D eigenvalue weighted by atomic mass is 10.1. The van der Waals surface area contributed by atoms with Gasteiger partial charge in [0.25, 0.3) is 11.8 Å². The van der Waals surface area contributed by atoms with E-state index in [9.17, 15) is 9.59 Å². The number of rotatable bonds is 6. The third-order valence-electron chi connectivity index (χ3n) is 3.30. The van der Waals surface area contributed by atoms with Gasteiger partial charge in [-0.3, -0.25) is 9.59 Å². The molecule has 0 aliphatic carbocycles. The van der Waals surface area contributed by atoms with E-state index in [0.717, 1.165) is 0 Å². The molecule has 0 aliphatic rings. The van der Waals surface area contributed by atoms with Crippen molar-refractivity contribution in [2.75, 3.05) is 5.32 Å². The van der Waals surface area contributed by atoms with Crippen LogP contribution in [0.5, 0.6) is 5.75 Å². The zero-order valence-corrected chi connectivity index (χ0v) is 15.0. The van der Waals surface area contributed by atoms with E-state index in [2.05, 4.69) is 10.6 Å². The summed E-state index contributed by atoms with van der Waals surface area (Å²) in [6.45, 7) is 7.63. The molecule has 2 rings (SSSR count). The van der Waals surface area contributed by atoms with Crippen LogP contribution in [0.4, 0.5) is 5.69 Å². The average Bonchev–Trinajstić information content (AvgIpc) is 2.55. The topological polar surface area (TPSA) is 67.4 Å². The molecule has 132 valence electrons. The molecular weight excluding hydrogens is 316 g/mol. The molecular formula is C20H24N2O3. The molecule has 0 fully saturated rings. The van der Waals surface area contributed by atoms with Gasteiger partial charge in [0, 0.05) is 17.2 Å². The fourth-order valence-electron chi connectivity index (χ4n) is 2.27. The fraction of sp³-hybridized carbons (Fsp3) is 0.300. The van der Waals surface area contributed by atoms with Crippen LogP contribution in [0.1, 0.15) is 48.4 Å². The van der Waals surface area contributed by atoms with Gasteiger partial charge in [0.2, 0.25) is 0 Å². The van der Waals surface area contributed by atoms with Crippen LogP contribution in [-0.4, -0.2) is 24.0 Å². The van der Waals surface area contributed by atoms with Crippen LogP contribution in [0.3, 0.4) is 0 Å². The van der Waals surface area contributed by atoms with Gasteiger partial charge in [0.15, 0.2) is 0 Å². The Morgan fingerprint density at radius 2 is 1.52 bits per heavy atom. The van der Waals surface area contributed by atoms with Crippen molar-refractivity contribution < 1.29 is 14.3 Å². The summed E-state index contributed by atoms with van der Waals surface area (Å²) < 4.78 is 5.71. The first-order chi connectivity index (χ1) is 11.9. The Labute approximate surface area is 148 Å². The van der Waals surface area contributed by atoms with Crippen LogP contribution in [0.25, 0.3) is 0 Å². The monoisotopic (exact) mass is 340 g/mol. The number of nitrogens with one attached hydrogen (secondary N) is 2. The number of carbonyl (C=O) groups is 2. The summed E-state index contributed by atoms with van der Waals surface area (Å²) in [5.41, 5.74) is 1.46. The first-order valence-electron chi connectivity index (χ1n) is 8.34. The maximum Gasteiger partial charge on any atom is 0.255 e. The molecule has 0 spiro atoms. The minimum absolute atomic E-state index is 0.00103. The summed E-state index contributed by atoms with van der Waals surface area (Å²) in [5, 5.41) is 5.66. The number of amides is 2. The lowest BCUT2D eigenvalue weighted by Crippen LogP contribution is -2.30. The van der Waals surface area contributed by atoms with Gasteiger partial charge in [-0.15, -0.1) is 0 Å². The molecule has 5 heteroatoms. The third-order valence-corrected chi connectivity index (χ3v) is 3.30. The standard InChI is InChI=1S/C20H24N2O3/c1-13(2)21-19(23)15-8-7-9-16(12-15)20(24)22-17-10-5-6-11-18(17)25-14(3)4/h5-14H,1-4H3,(H,21,23)(H,22,24). The lowest BCUT2D eigenvalue weighted by Gasteiger charge is -2.15. The average molecular weight is 340 g/mol. The number of para-hydroxylation sites is 2. The van der Waals surface area contributed by atoms with Gasteiger partial charge in [-0.2, -0.15) is 0 Å². The number of carbonyl (C=O) groups excluding carboxylic acids is 2. The van der Waals surface area contributed by atoms with E-state index in [1.54, 1.807) is 30.3 Å². The zero-order valence-electron chi connectivity index (χ0n) is 15.0. The van der Waals surface area contributed by atoms with E-state index in [4.69, 9.17) is 4.74 Å². The van der Waals surface area contributed by atoms with E-state index in [1.165, 1.54) is 0 Å². The van der Waals surface area contributed by atoms with Crippen LogP contribution in [-0.2, 0) is 0 Å². The van der Waals surface area contributed by atoms with Crippen molar-refractivity contribution in [3.8, 4) is 5.75 Å². The molecule has 0 saturated heterocycles. The number of hydrogen-bond acceptors (Lipinski definition) is 3. The van der Waals surface area contributed by atoms with Gasteiger partial charge >= 0.3 is 0 Å². The van der Waals surface area contributed by atoms with Crippen molar-refractivity contribution in [3.63, 3.8) is 0 Å². The fourth-order valence-corrected chi connectivity index (χ4v) is 2.27. The highest BCUT2D eigenvalue weighted by atomic mass is 16.5. The largest absolute Gasteiger partial charge is 0.489 e. The highest BCUT2D eigenvalue weighted by Crippen LogP contribution is 2.25. The Kier molecular flexibility index (Phi) is 6.17. The maximum atomic E-state index is 12.6. The summed E-state index contributed by atoms with van der Waals surface area (Å²) in [4.78, 5) is 24.7. The number of hydrogen-bond donors (Lipinski definition) is 2. The van der Waals surface area contributed by atoms with Crippen LogP contribution in [0, 0.1) is 0 Å². The molecule has 0 atom stereocenters. The van der Waals surface area contributed by atoms with Crippen molar-refractivity contribution >= 4 is 17.5 Å². The molecule has 2 amide bonds. The van der Waals surface area contributed by atoms with Crippen LogP contribution in [0.2, 0.25) is 0 Å². The van der Waals surface area contributed by atoms with Gasteiger partial charge in [0.1, 0.15) is 5.75 Å². The van der Waals surface area contributed by atoms with Crippen molar-refractivity contribution in [1.82, 2.24) is 5.32 Å². The summed E-state index contributed by atoms with van der Waals surface area (Å²) in [6.07, 6.45) is 0.00103. The van der Waals surface area contributed by atoms with E-state index in [-0.39, 0.29) is 24.0 Å². The molecule has 0 aliphatic heterocycles. The predicted octanol–water partition coefficient (Wildman–Crippen LogP) is 3.86. The Morgan fingerprint density at radius 1 is 0.880 bits per heavy atom. The summed E-state index contributed by atoms with van der Waals surface area (Å²) in [7, 11) is 0. The number of anilines is 1. The molecule has 0 aromatic heterocycles. The second-order valence-electron chi connectivity index (χ2n) is 6.33. The predicted molar refractivity (Wildman–Crippen MR) is 99.2 cm³/mol. The molecule has 0 saturated carbocycles. The number of ether oxygens (including phenoxy) is 1. The maximum absolute atomic E-state index is 12.6. The van der Waals surface area contributed by atoms with E-state index < -0.39 is 0 Å². The first-order valence-corrected chi connectivity index (χ1v) is 8.34. The van der Waals surface area contributed by atoms with E-state index >= 15 is 0 Å². The molecule has 0 heterocycles. The molecule has 5 nitrogen and oxygen atoms in total. The molecule has 0 radical (unpaired) electrons. The lowest BCUT2D eigenvalue weighted by molar-refractivity contribution is 0.0943. The van der Waals surface area contributed by atoms with Gasteiger partial charge in [-0.05, 0) is 58.0 Å². The SMILES string of the molecule is CC(C)NC(=O)c1cccc(C(=O)Nc2ccccc2OC(C)C)c1. The van der Waals surface area contributed by atoms with Crippen molar-refractivity contribution in [3.05, 3.63) is 59.7 Å². The minimum Gasteiger partial charge on any atom is -0.489 e.